The van der Waals surface area contributed by atoms with Crippen LogP contribution in [-0.2, 0) is 4.79 Å². The van der Waals surface area contributed by atoms with Crippen LogP contribution in [0.15, 0.2) is 4.99 Å². The van der Waals surface area contributed by atoms with Gasteiger partial charge in [0.25, 0.3) is 0 Å². The molecule has 0 spiro atoms. The Morgan fingerprint density at radius 1 is 1.44 bits per heavy atom. The fourth-order valence-electron chi connectivity index (χ4n) is 0.825. The zero-order chi connectivity index (χ0) is 7.28. The van der Waals surface area contributed by atoms with Gasteiger partial charge in [0.1, 0.15) is 0 Å². The second-order valence-electron chi connectivity index (χ2n) is 2.70. The van der Waals surface area contributed by atoms with Crippen molar-refractivity contribution in [1.82, 2.24) is 0 Å². The van der Waals surface area contributed by atoms with Gasteiger partial charge in [-0.1, -0.05) is 13.8 Å². The van der Waals surface area contributed by atoms with Crippen LogP contribution < -0.4 is 0 Å². The molecule has 2 heteroatoms. The van der Waals surface area contributed by atoms with Gasteiger partial charge in [0.05, 0.1) is 6.04 Å². The fraction of sp³-hybridized carbons (Fsp3) is 0.857. The largest absolute Gasteiger partial charge is 0.235 e. The molecular weight excluding hydrogens is 114 g/mol. The SMILES string of the molecule is CC(C)CC(C)N=C=O. The molecule has 52 valence electrons. The number of rotatable bonds is 3. The van der Waals surface area contributed by atoms with Crippen LogP contribution in [0.25, 0.3) is 0 Å². The third-order valence-corrected chi connectivity index (χ3v) is 1.09. The van der Waals surface area contributed by atoms with Gasteiger partial charge < -0.3 is 0 Å². The van der Waals surface area contributed by atoms with Crippen molar-refractivity contribution in [3.05, 3.63) is 0 Å². The molecule has 2 nitrogen and oxygen atoms in total. The third-order valence-electron chi connectivity index (χ3n) is 1.09. The second-order valence-corrected chi connectivity index (χ2v) is 2.70. The summed E-state index contributed by atoms with van der Waals surface area (Å²) in [4.78, 5) is 13.3. The average molecular weight is 127 g/mol. The first kappa shape index (κ1) is 8.38. The molecule has 0 amide bonds. The highest BCUT2D eigenvalue weighted by Crippen LogP contribution is 2.05. The first-order valence-electron chi connectivity index (χ1n) is 3.23. The summed E-state index contributed by atoms with van der Waals surface area (Å²) in [5, 5.41) is 0. The predicted octanol–water partition coefficient (Wildman–Crippen LogP) is 1.76. The maximum absolute atomic E-state index is 9.71. The number of isocyanates is 1. The molecule has 9 heavy (non-hydrogen) atoms. The Bertz CT molecular complexity index is 114. The van der Waals surface area contributed by atoms with E-state index in [1.54, 1.807) is 6.08 Å². The van der Waals surface area contributed by atoms with Crippen LogP contribution in [0.1, 0.15) is 27.2 Å². The molecule has 0 aliphatic rings. The van der Waals surface area contributed by atoms with Gasteiger partial charge in [-0.25, -0.2) is 9.79 Å². The minimum atomic E-state index is 0.141. The summed E-state index contributed by atoms with van der Waals surface area (Å²) in [6, 6.07) is 0.141. The molecule has 0 aliphatic heterocycles. The number of carbonyl (C=O) groups excluding carboxylic acids is 1. The highest BCUT2D eigenvalue weighted by molar-refractivity contribution is 5.33. The topological polar surface area (TPSA) is 29.4 Å². The molecule has 0 aliphatic carbocycles. The number of aliphatic imine (C=N–C) groups is 1. The third kappa shape index (κ3) is 5.25. The van der Waals surface area contributed by atoms with Crippen molar-refractivity contribution in [2.24, 2.45) is 10.9 Å². The van der Waals surface area contributed by atoms with E-state index in [0.717, 1.165) is 6.42 Å². The Morgan fingerprint density at radius 3 is 2.33 bits per heavy atom. The molecule has 0 aromatic carbocycles. The molecule has 0 aromatic rings. The lowest BCUT2D eigenvalue weighted by atomic mass is 10.1. The van der Waals surface area contributed by atoms with E-state index in [0.29, 0.717) is 5.92 Å². The van der Waals surface area contributed by atoms with Crippen LogP contribution in [0, 0.1) is 5.92 Å². The Morgan fingerprint density at radius 2 is 2.00 bits per heavy atom. The summed E-state index contributed by atoms with van der Waals surface area (Å²) in [6.45, 7) is 6.14. The molecular formula is C7H13NO. The van der Waals surface area contributed by atoms with Gasteiger partial charge in [0, 0.05) is 0 Å². The Balaban J connectivity index is 3.49. The maximum atomic E-state index is 9.71. The average Bonchev–Trinajstić information content (AvgIpc) is 1.63. The number of hydrogen-bond donors (Lipinski definition) is 0. The van der Waals surface area contributed by atoms with E-state index in [1.807, 2.05) is 6.92 Å². The summed E-state index contributed by atoms with van der Waals surface area (Å²) in [6.07, 6.45) is 2.52. The lowest BCUT2D eigenvalue weighted by molar-refractivity contribution is 0.511. The van der Waals surface area contributed by atoms with E-state index in [1.165, 1.54) is 0 Å². The van der Waals surface area contributed by atoms with E-state index in [9.17, 15) is 4.79 Å². The first-order chi connectivity index (χ1) is 4.16. The molecule has 0 heterocycles. The molecule has 1 unspecified atom stereocenters. The van der Waals surface area contributed by atoms with E-state index in [-0.39, 0.29) is 6.04 Å². The smallest absolute Gasteiger partial charge is 0.211 e. The van der Waals surface area contributed by atoms with Crippen LogP contribution in [0.5, 0.6) is 0 Å². The van der Waals surface area contributed by atoms with E-state index in [4.69, 9.17) is 0 Å². The lowest BCUT2D eigenvalue weighted by Gasteiger charge is -2.05. The minimum Gasteiger partial charge on any atom is -0.211 e. The van der Waals surface area contributed by atoms with Gasteiger partial charge in [-0.15, -0.1) is 0 Å². The zero-order valence-corrected chi connectivity index (χ0v) is 6.22. The summed E-state index contributed by atoms with van der Waals surface area (Å²) in [5.41, 5.74) is 0. The minimum absolute atomic E-state index is 0.141. The van der Waals surface area contributed by atoms with Crippen LogP contribution in [0.2, 0.25) is 0 Å². The Hall–Kier alpha value is -0.620. The predicted molar refractivity (Wildman–Crippen MR) is 37.0 cm³/mol. The quantitative estimate of drug-likeness (QED) is 0.419. The van der Waals surface area contributed by atoms with Gasteiger partial charge in [0.2, 0.25) is 6.08 Å². The molecule has 0 saturated carbocycles. The Labute approximate surface area is 56.0 Å². The van der Waals surface area contributed by atoms with Gasteiger partial charge >= 0.3 is 0 Å². The van der Waals surface area contributed by atoms with Crippen molar-refractivity contribution in [2.75, 3.05) is 0 Å². The number of hydrogen-bond acceptors (Lipinski definition) is 2. The molecule has 0 saturated heterocycles. The summed E-state index contributed by atoms with van der Waals surface area (Å²) < 4.78 is 0. The molecule has 0 aromatic heterocycles. The molecule has 0 fully saturated rings. The summed E-state index contributed by atoms with van der Waals surface area (Å²) in [5.74, 6) is 0.608. The van der Waals surface area contributed by atoms with Crippen LogP contribution >= 0.6 is 0 Å². The molecule has 1 atom stereocenters. The van der Waals surface area contributed by atoms with Crippen molar-refractivity contribution in [3.8, 4) is 0 Å². The van der Waals surface area contributed by atoms with Crippen molar-refractivity contribution in [3.63, 3.8) is 0 Å². The highest BCUT2D eigenvalue weighted by atomic mass is 16.1. The lowest BCUT2D eigenvalue weighted by Crippen LogP contribution is -2.01. The van der Waals surface area contributed by atoms with Gasteiger partial charge in [0.15, 0.2) is 0 Å². The summed E-state index contributed by atoms with van der Waals surface area (Å²) in [7, 11) is 0. The van der Waals surface area contributed by atoms with E-state index < -0.39 is 0 Å². The van der Waals surface area contributed by atoms with E-state index in [2.05, 4.69) is 18.8 Å². The highest BCUT2D eigenvalue weighted by Gasteiger charge is 2.00. The monoisotopic (exact) mass is 127 g/mol. The van der Waals surface area contributed by atoms with E-state index >= 15 is 0 Å². The van der Waals surface area contributed by atoms with Gasteiger partial charge in [-0.3, -0.25) is 0 Å². The van der Waals surface area contributed by atoms with Crippen LogP contribution in [-0.4, -0.2) is 12.1 Å². The van der Waals surface area contributed by atoms with Crippen molar-refractivity contribution in [1.29, 1.82) is 0 Å². The standard InChI is InChI=1S/C7H13NO/c1-6(2)4-7(3)8-5-9/h6-7H,4H2,1-3H3. The molecule has 0 N–H and O–H groups in total. The fourth-order valence-corrected chi connectivity index (χ4v) is 0.825. The number of nitrogens with zero attached hydrogens (tertiary/aromatic N) is 1. The Kier molecular flexibility index (Phi) is 3.98. The van der Waals surface area contributed by atoms with Crippen molar-refractivity contribution >= 4 is 6.08 Å². The summed E-state index contributed by atoms with van der Waals surface area (Å²) >= 11 is 0. The first-order valence-corrected chi connectivity index (χ1v) is 3.23. The normalized spacial score (nSPS) is 12.9. The van der Waals surface area contributed by atoms with Gasteiger partial charge in [-0.2, -0.15) is 0 Å². The van der Waals surface area contributed by atoms with Crippen molar-refractivity contribution in [2.45, 2.75) is 33.2 Å². The van der Waals surface area contributed by atoms with Crippen molar-refractivity contribution < 1.29 is 4.79 Å². The molecule has 0 radical (unpaired) electrons. The van der Waals surface area contributed by atoms with Crippen LogP contribution in [0.3, 0.4) is 0 Å². The van der Waals surface area contributed by atoms with Gasteiger partial charge in [-0.05, 0) is 19.3 Å². The maximum Gasteiger partial charge on any atom is 0.235 e. The van der Waals surface area contributed by atoms with Crippen LogP contribution in [0.4, 0.5) is 0 Å². The zero-order valence-electron chi connectivity index (χ0n) is 6.22. The molecule has 0 rings (SSSR count). The second kappa shape index (κ2) is 4.28. The molecule has 0 bridgehead atoms.